The SMILES string of the molecule is CCc1nn(C2CCOCC2)cc1C(C)(C)C. The zero-order chi connectivity index (χ0) is 12.5. The molecule has 1 fully saturated rings. The Morgan fingerprint density at radius 2 is 2.00 bits per heavy atom. The van der Waals surface area contributed by atoms with E-state index in [2.05, 4.69) is 38.6 Å². The van der Waals surface area contributed by atoms with E-state index in [0.717, 1.165) is 32.5 Å². The van der Waals surface area contributed by atoms with Crippen LogP contribution in [0.15, 0.2) is 6.20 Å². The number of hydrogen-bond donors (Lipinski definition) is 0. The molecule has 0 atom stereocenters. The molecule has 0 aromatic carbocycles. The van der Waals surface area contributed by atoms with E-state index < -0.39 is 0 Å². The lowest BCUT2D eigenvalue weighted by Crippen LogP contribution is -2.20. The van der Waals surface area contributed by atoms with Gasteiger partial charge in [0.1, 0.15) is 0 Å². The summed E-state index contributed by atoms with van der Waals surface area (Å²) in [5.41, 5.74) is 2.84. The highest BCUT2D eigenvalue weighted by Gasteiger charge is 2.24. The van der Waals surface area contributed by atoms with Crippen LogP contribution in [-0.2, 0) is 16.6 Å². The van der Waals surface area contributed by atoms with E-state index >= 15 is 0 Å². The fourth-order valence-electron chi connectivity index (χ4n) is 2.45. The first-order chi connectivity index (χ1) is 8.02. The maximum absolute atomic E-state index is 5.41. The Labute approximate surface area is 104 Å². The zero-order valence-corrected chi connectivity index (χ0v) is 11.5. The van der Waals surface area contributed by atoms with E-state index in [4.69, 9.17) is 9.84 Å². The van der Waals surface area contributed by atoms with E-state index in [9.17, 15) is 0 Å². The number of ether oxygens (including phenoxy) is 1. The normalized spacial score (nSPS) is 18.6. The number of nitrogens with zero attached hydrogens (tertiary/aromatic N) is 2. The van der Waals surface area contributed by atoms with Crippen LogP contribution in [0, 0.1) is 0 Å². The summed E-state index contributed by atoms with van der Waals surface area (Å²) in [5, 5.41) is 4.78. The summed E-state index contributed by atoms with van der Waals surface area (Å²) in [6.45, 7) is 10.7. The molecule has 17 heavy (non-hydrogen) atoms. The van der Waals surface area contributed by atoms with Crippen LogP contribution < -0.4 is 0 Å². The highest BCUT2D eigenvalue weighted by molar-refractivity contribution is 5.25. The Morgan fingerprint density at radius 3 is 2.47 bits per heavy atom. The van der Waals surface area contributed by atoms with Crippen molar-refractivity contribution in [1.82, 2.24) is 9.78 Å². The first-order valence-corrected chi connectivity index (χ1v) is 6.68. The third kappa shape index (κ3) is 2.71. The van der Waals surface area contributed by atoms with Gasteiger partial charge < -0.3 is 4.74 Å². The molecule has 0 N–H and O–H groups in total. The van der Waals surface area contributed by atoms with Crippen LogP contribution in [0.1, 0.15) is 57.8 Å². The minimum Gasteiger partial charge on any atom is -0.381 e. The smallest absolute Gasteiger partial charge is 0.0659 e. The molecule has 96 valence electrons. The van der Waals surface area contributed by atoms with Gasteiger partial charge in [0.05, 0.1) is 11.7 Å². The third-order valence-electron chi connectivity index (χ3n) is 3.52. The average molecular weight is 236 g/mol. The van der Waals surface area contributed by atoms with Crippen molar-refractivity contribution in [2.24, 2.45) is 0 Å². The summed E-state index contributed by atoms with van der Waals surface area (Å²) >= 11 is 0. The van der Waals surface area contributed by atoms with Crippen LogP contribution in [0.25, 0.3) is 0 Å². The topological polar surface area (TPSA) is 27.1 Å². The molecule has 1 aromatic heterocycles. The van der Waals surface area contributed by atoms with Crippen molar-refractivity contribution in [3.8, 4) is 0 Å². The Hall–Kier alpha value is -0.830. The fraction of sp³-hybridized carbons (Fsp3) is 0.786. The Morgan fingerprint density at radius 1 is 1.35 bits per heavy atom. The molecule has 2 heterocycles. The van der Waals surface area contributed by atoms with Crippen molar-refractivity contribution in [1.29, 1.82) is 0 Å². The minimum atomic E-state index is 0.189. The largest absolute Gasteiger partial charge is 0.381 e. The molecule has 3 nitrogen and oxygen atoms in total. The molecule has 1 aromatic rings. The average Bonchev–Trinajstić information content (AvgIpc) is 2.74. The summed E-state index contributed by atoms with van der Waals surface area (Å²) in [4.78, 5) is 0. The monoisotopic (exact) mass is 236 g/mol. The van der Waals surface area contributed by atoms with Gasteiger partial charge in [0.15, 0.2) is 0 Å². The van der Waals surface area contributed by atoms with Crippen LogP contribution in [0.4, 0.5) is 0 Å². The van der Waals surface area contributed by atoms with Gasteiger partial charge in [-0.3, -0.25) is 4.68 Å². The van der Waals surface area contributed by atoms with Gasteiger partial charge in [0.2, 0.25) is 0 Å². The van der Waals surface area contributed by atoms with Gasteiger partial charge in [-0.2, -0.15) is 5.10 Å². The minimum absolute atomic E-state index is 0.189. The predicted octanol–water partition coefficient (Wildman–Crippen LogP) is 3.09. The van der Waals surface area contributed by atoms with Crippen molar-refractivity contribution in [2.75, 3.05) is 13.2 Å². The van der Waals surface area contributed by atoms with Crippen molar-refractivity contribution in [2.45, 2.75) is 58.4 Å². The second kappa shape index (κ2) is 4.81. The van der Waals surface area contributed by atoms with Crippen molar-refractivity contribution < 1.29 is 4.74 Å². The van der Waals surface area contributed by atoms with Crippen molar-refractivity contribution in [3.63, 3.8) is 0 Å². The highest BCUT2D eigenvalue weighted by Crippen LogP contribution is 2.28. The standard InChI is InChI=1S/C14H24N2O/c1-5-13-12(14(2,3)4)10-16(15-13)11-6-8-17-9-7-11/h10-11H,5-9H2,1-4H3. The lowest BCUT2D eigenvalue weighted by atomic mass is 9.87. The van der Waals surface area contributed by atoms with Crippen LogP contribution in [0.3, 0.4) is 0 Å². The van der Waals surface area contributed by atoms with Gasteiger partial charge in [0, 0.05) is 19.4 Å². The van der Waals surface area contributed by atoms with E-state index in [0.29, 0.717) is 6.04 Å². The summed E-state index contributed by atoms with van der Waals surface area (Å²) in [7, 11) is 0. The van der Waals surface area contributed by atoms with Crippen LogP contribution in [0.5, 0.6) is 0 Å². The first kappa shape index (κ1) is 12.6. The number of aryl methyl sites for hydroxylation is 1. The van der Waals surface area contributed by atoms with Crippen molar-refractivity contribution >= 4 is 0 Å². The van der Waals surface area contributed by atoms with Gasteiger partial charge in [0.25, 0.3) is 0 Å². The van der Waals surface area contributed by atoms with Crippen LogP contribution in [-0.4, -0.2) is 23.0 Å². The number of hydrogen-bond acceptors (Lipinski definition) is 2. The molecule has 1 saturated heterocycles. The second-order valence-corrected chi connectivity index (χ2v) is 5.92. The summed E-state index contributed by atoms with van der Waals surface area (Å²) < 4.78 is 7.59. The third-order valence-corrected chi connectivity index (χ3v) is 3.52. The molecule has 1 aliphatic rings. The molecule has 0 radical (unpaired) electrons. The van der Waals surface area contributed by atoms with Gasteiger partial charge in [-0.15, -0.1) is 0 Å². The van der Waals surface area contributed by atoms with Gasteiger partial charge in [-0.05, 0) is 30.2 Å². The molecular formula is C14H24N2O. The molecular weight excluding hydrogens is 212 g/mol. The maximum Gasteiger partial charge on any atom is 0.0659 e. The van der Waals surface area contributed by atoms with E-state index in [-0.39, 0.29) is 5.41 Å². The summed E-state index contributed by atoms with van der Waals surface area (Å²) in [6, 6.07) is 0.533. The van der Waals surface area contributed by atoms with E-state index in [1.54, 1.807) is 0 Å². The molecule has 3 heteroatoms. The highest BCUT2D eigenvalue weighted by atomic mass is 16.5. The number of rotatable bonds is 2. The maximum atomic E-state index is 5.41. The summed E-state index contributed by atoms with van der Waals surface area (Å²) in [6.07, 6.45) is 5.46. The zero-order valence-electron chi connectivity index (χ0n) is 11.5. The Balaban J connectivity index is 2.27. The molecule has 0 bridgehead atoms. The van der Waals surface area contributed by atoms with Crippen LogP contribution >= 0.6 is 0 Å². The number of aromatic nitrogens is 2. The Bertz CT molecular complexity index is 370. The molecule has 1 aliphatic heterocycles. The predicted molar refractivity (Wildman–Crippen MR) is 69.4 cm³/mol. The van der Waals surface area contributed by atoms with E-state index in [1.807, 2.05) is 0 Å². The molecule has 0 saturated carbocycles. The first-order valence-electron chi connectivity index (χ1n) is 6.68. The van der Waals surface area contributed by atoms with Crippen LogP contribution in [0.2, 0.25) is 0 Å². The summed E-state index contributed by atoms with van der Waals surface area (Å²) in [5.74, 6) is 0. The van der Waals surface area contributed by atoms with Gasteiger partial charge >= 0.3 is 0 Å². The van der Waals surface area contributed by atoms with Gasteiger partial charge in [-0.25, -0.2) is 0 Å². The molecule has 0 amide bonds. The molecule has 2 rings (SSSR count). The molecule has 0 spiro atoms. The molecule has 0 unspecified atom stereocenters. The fourth-order valence-corrected chi connectivity index (χ4v) is 2.45. The van der Waals surface area contributed by atoms with Crippen molar-refractivity contribution in [3.05, 3.63) is 17.5 Å². The Kier molecular flexibility index (Phi) is 3.57. The second-order valence-electron chi connectivity index (χ2n) is 5.92. The van der Waals surface area contributed by atoms with E-state index in [1.165, 1.54) is 11.3 Å². The lowest BCUT2D eigenvalue weighted by Gasteiger charge is -2.22. The van der Waals surface area contributed by atoms with Gasteiger partial charge in [-0.1, -0.05) is 27.7 Å². The lowest BCUT2D eigenvalue weighted by molar-refractivity contribution is 0.0661. The quantitative estimate of drug-likeness (QED) is 0.789. The molecule has 0 aliphatic carbocycles.